The number of quaternary nitrogens is 1. The molecule has 0 aromatic rings. The number of likely N-dealkylation sites (N-methyl/N-ethyl adjacent to an activating group) is 1. The average molecular weight is 510 g/mol. The lowest BCUT2D eigenvalue weighted by atomic mass is 10.0. The first-order valence-electron chi connectivity index (χ1n) is 13.4. The molecule has 0 saturated heterocycles. The third-order valence-electron chi connectivity index (χ3n) is 5.86. The maximum absolute atomic E-state index is 12.4. The monoisotopic (exact) mass is 509 g/mol. The molecule has 0 bridgehead atoms. The Morgan fingerprint density at radius 3 is 1.97 bits per heavy atom. The van der Waals surface area contributed by atoms with Crippen molar-refractivity contribution in [2.75, 3.05) is 40.9 Å². The molecule has 0 saturated carbocycles. The summed E-state index contributed by atoms with van der Waals surface area (Å²) < 4.78 is 23.1. The Labute approximate surface area is 209 Å². The van der Waals surface area contributed by atoms with Crippen molar-refractivity contribution in [3.63, 3.8) is 0 Å². The Kier molecular flexibility index (Phi) is 19.4. The Hall–Kier alpha value is -0.500. The number of hydrogen-bond acceptors (Lipinski definition) is 5. The highest BCUT2D eigenvalue weighted by Gasteiger charge is 2.28. The third kappa shape index (κ3) is 20.8. The van der Waals surface area contributed by atoms with Crippen LogP contribution in [0.4, 0.5) is 0 Å². The van der Waals surface area contributed by atoms with E-state index >= 15 is 0 Å². The molecule has 0 aliphatic rings. The molecule has 204 valence electrons. The van der Waals surface area contributed by atoms with Gasteiger partial charge in [-0.05, 0) is 12.8 Å². The Balaban J connectivity index is 4.66. The SMILES string of the molecule is CCCCCCCCCC(O)C(COP(=O)(O)OCC[N+](C)(C)C)NC(=O)CCCCCCC. The highest BCUT2D eigenvalue weighted by Crippen LogP contribution is 2.43. The molecule has 8 nitrogen and oxygen atoms in total. The van der Waals surface area contributed by atoms with Crippen LogP contribution in [0.5, 0.6) is 0 Å². The van der Waals surface area contributed by atoms with Gasteiger partial charge in [-0.2, -0.15) is 0 Å². The summed E-state index contributed by atoms with van der Waals surface area (Å²) in [6.07, 6.45) is 13.1. The van der Waals surface area contributed by atoms with E-state index in [1.54, 1.807) is 0 Å². The second-order valence-corrected chi connectivity index (χ2v) is 11.9. The maximum atomic E-state index is 12.4. The molecule has 0 aromatic carbocycles. The number of aliphatic hydroxyl groups excluding tert-OH is 1. The quantitative estimate of drug-likeness (QED) is 0.0997. The van der Waals surface area contributed by atoms with E-state index in [0.29, 0.717) is 23.9 Å². The number of carbonyl (C=O) groups is 1. The van der Waals surface area contributed by atoms with Gasteiger partial charge in [-0.15, -0.1) is 0 Å². The Morgan fingerprint density at radius 1 is 0.882 bits per heavy atom. The van der Waals surface area contributed by atoms with Crippen LogP contribution in [0.25, 0.3) is 0 Å². The first kappa shape index (κ1) is 33.5. The fourth-order valence-corrected chi connectivity index (χ4v) is 4.31. The van der Waals surface area contributed by atoms with Gasteiger partial charge in [-0.1, -0.05) is 84.5 Å². The van der Waals surface area contributed by atoms with Gasteiger partial charge < -0.3 is 19.8 Å². The number of nitrogens with one attached hydrogen (secondary N) is 1. The zero-order valence-electron chi connectivity index (χ0n) is 22.6. The largest absolute Gasteiger partial charge is 0.472 e. The summed E-state index contributed by atoms with van der Waals surface area (Å²) in [6, 6.07) is -0.745. The minimum absolute atomic E-state index is 0.0760. The number of amides is 1. The topological polar surface area (TPSA) is 105 Å². The Bertz CT molecular complexity index is 556. The molecule has 9 heteroatoms. The van der Waals surface area contributed by atoms with Gasteiger partial charge in [0.2, 0.25) is 5.91 Å². The highest BCUT2D eigenvalue weighted by molar-refractivity contribution is 7.47. The minimum Gasteiger partial charge on any atom is -0.391 e. The molecule has 0 fully saturated rings. The lowest BCUT2D eigenvalue weighted by Gasteiger charge is -2.26. The second-order valence-electron chi connectivity index (χ2n) is 10.4. The number of phosphoric ester groups is 1. The smallest absolute Gasteiger partial charge is 0.391 e. The summed E-state index contributed by atoms with van der Waals surface area (Å²) in [4.78, 5) is 22.5. The third-order valence-corrected chi connectivity index (χ3v) is 6.84. The molecule has 3 N–H and O–H groups in total. The summed E-state index contributed by atoms with van der Waals surface area (Å²) >= 11 is 0. The van der Waals surface area contributed by atoms with Gasteiger partial charge >= 0.3 is 7.82 Å². The zero-order chi connectivity index (χ0) is 25.9. The molecule has 0 spiro atoms. The number of hydrogen-bond donors (Lipinski definition) is 3. The molecular formula is C25H54N2O6P+. The van der Waals surface area contributed by atoms with Crippen LogP contribution in [-0.2, 0) is 18.4 Å². The van der Waals surface area contributed by atoms with Crippen molar-refractivity contribution >= 4 is 13.7 Å². The van der Waals surface area contributed by atoms with Crippen molar-refractivity contribution in [2.24, 2.45) is 0 Å². The predicted octanol–water partition coefficient (Wildman–Crippen LogP) is 5.17. The van der Waals surface area contributed by atoms with Gasteiger partial charge in [0, 0.05) is 6.42 Å². The van der Waals surface area contributed by atoms with Crippen molar-refractivity contribution in [2.45, 2.75) is 116 Å². The summed E-state index contributed by atoms with van der Waals surface area (Å²) in [5.41, 5.74) is 0. The van der Waals surface area contributed by atoms with Crippen LogP contribution < -0.4 is 5.32 Å². The van der Waals surface area contributed by atoms with Gasteiger partial charge in [-0.3, -0.25) is 13.8 Å². The van der Waals surface area contributed by atoms with Crippen LogP contribution in [0.1, 0.15) is 104 Å². The number of phosphoric acid groups is 1. The van der Waals surface area contributed by atoms with Crippen LogP contribution in [0.3, 0.4) is 0 Å². The number of nitrogens with zero attached hydrogens (tertiary/aromatic N) is 1. The number of aliphatic hydroxyl groups is 1. The van der Waals surface area contributed by atoms with Crippen molar-refractivity contribution in [3.8, 4) is 0 Å². The molecule has 3 unspecified atom stereocenters. The van der Waals surface area contributed by atoms with Gasteiger partial charge in [0.25, 0.3) is 0 Å². The van der Waals surface area contributed by atoms with Crippen LogP contribution in [-0.4, -0.2) is 73.4 Å². The number of rotatable bonds is 23. The van der Waals surface area contributed by atoms with Crippen LogP contribution in [0.2, 0.25) is 0 Å². The van der Waals surface area contributed by atoms with E-state index in [9.17, 15) is 19.4 Å². The van der Waals surface area contributed by atoms with Crippen molar-refractivity contribution in [1.29, 1.82) is 0 Å². The second kappa shape index (κ2) is 19.7. The molecule has 0 radical (unpaired) electrons. The molecule has 1 amide bonds. The first-order chi connectivity index (χ1) is 16.0. The summed E-state index contributed by atoms with van der Waals surface area (Å²) in [5.74, 6) is -0.164. The van der Waals surface area contributed by atoms with Crippen molar-refractivity contribution in [1.82, 2.24) is 5.32 Å². The fraction of sp³-hybridized carbons (Fsp3) is 0.960. The average Bonchev–Trinajstić information content (AvgIpc) is 2.74. The molecule has 0 rings (SSSR count). The molecule has 0 aliphatic carbocycles. The van der Waals surface area contributed by atoms with E-state index in [1.165, 1.54) is 25.7 Å². The zero-order valence-corrected chi connectivity index (χ0v) is 23.5. The maximum Gasteiger partial charge on any atom is 0.472 e. The van der Waals surface area contributed by atoms with Gasteiger partial charge in [0.15, 0.2) is 0 Å². The highest BCUT2D eigenvalue weighted by atomic mass is 31.2. The van der Waals surface area contributed by atoms with Crippen LogP contribution >= 0.6 is 7.82 Å². The van der Waals surface area contributed by atoms with Crippen molar-refractivity contribution < 1.29 is 32.9 Å². The standard InChI is InChI=1S/C25H53N2O6P/c1-6-8-10-12-13-15-16-18-24(28)23(26-25(29)19-17-14-11-9-7-2)22-33-34(30,31)32-21-20-27(3,4)5/h23-24,28H,6-22H2,1-5H3,(H-,26,29,30,31)/p+1. The fourth-order valence-electron chi connectivity index (χ4n) is 3.57. The van der Waals surface area contributed by atoms with E-state index < -0.39 is 20.0 Å². The van der Waals surface area contributed by atoms with E-state index in [4.69, 9.17) is 9.05 Å². The van der Waals surface area contributed by atoms with E-state index in [1.807, 2.05) is 21.1 Å². The van der Waals surface area contributed by atoms with Gasteiger partial charge in [-0.25, -0.2) is 4.57 Å². The normalized spacial score (nSPS) is 15.6. The summed E-state index contributed by atoms with van der Waals surface area (Å²) in [5, 5.41) is 13.5. The van der Waals surface area contributed by atoms with Crippen molar-refractivity contribution in [3.05, 3.63) is 0 Å². The molecule has 0 heterocycles. The molecule has 0 aliphatic heterocycles. The van der Waals surface area contributed by atoms with E-state index in [-0.39, 0.29) is 19.1 Å². The van der Waals surface area contributed by atoms with Gasteiger partial charge in [0.05, 0.1) is 39.9 Å². The van der Waals surface area contributed by atoms with E-state index in [0.717, 1.165) is 51.4 Å². The Morgan fingerprint density at radius 2 is 1.41 bits per heavy atom. The van der Waals surface area contributed by atoms with E-state index in [2.05, 4.69) is 19.2 Å². The molecule has 0 aromatic heterocycles. The van der Waals surface area contributed by atoms with Crippen LogP contribution in [0.15, 0.2) is 0 Å². The molecular weight excluding hydrogens is 455 g/mol. The summed E-state index contributed by atoms with van der Waals surface area (Å²) in [6.45, 7) is 4.70. The molecule has 3 atom stereocenters. The lowest BCUT2D eigenvalue weighted by molar-refractivity contribution is -0.870. The van der Waals surface area contributed by atoms with Gasteiger partial charge in [0.1, 0.15) is 13.2 Å². The first-order valence-corrected chi connectivity index (χ1v) is 14.9. The number of carbonyl (C=O) groups excluding carboxylic acids is 1. The predicted molar refractivity (Wildman–Crippen MR) is 139 cm³/mol. The van der Waals surface area contributed by atoms with Crippen LogP contribution in [0, 0.1) is 0 Å². The minimum atomic E-state index is -4.27. The lowest BCUT2D eigenvalue weighted by Crippen LogP contribution is -2.46. The molecule has 34 heavy (non-hydrogen) atoms. The summed E-state index contributed by atoms with van der Waals surface area (Å²) in [7, 11) is 1.61. The number of unbranched alkanes of at least 4 members (excludes halogenated alkanes) is 10.